The van der Waals surface area contributed by atoms with Gasteiger partial charge in [0.2, 0.25) is 11.8 Å². The van der Waals surface area contributed by atoms with E-state index in [-0.39, 0.29) is 18.4 Å². The minimum Gasteiger partial charge on any atom is -0.349 e. The molecule has 1 aromatic carbocycles. The van der Waals surface area contributed by atoms with Gasteiger partial charge < -0.3 is 10.2 Å². The molecule has 0 aliphatic rings. The van der Waals surface area contributed by atoms with Crippen molar-refractivity contribution < 1.29 is 9.59 Å². The van der Waals surface area contributed by atoms with Crippen LogP contribution in [-0.2, 0) is 29.0 Å². The maximum absolute atomic E-state index is 12.4. The molecule has 0 spiro atoms. The van der Waals surface area contributed by atoms with Gasteiger partial charge in [0.15, 0.2) is 0 Å². The van der Waals surface area contributed by atoms with Gasteiger partial charge in [-0.3, -0.25) is 14.6 Å². The summed E-state index contributed by atoms with van der Waals surface area (Å²) in [4.78, 5) is 30.4. The molecular formula is C20H25N3O2. The molecule has 0 aliphatic carbocycles. The molecule has 1 aromatic heterocycles. The Morgan fingerprint density at radius 1 is 1.04 bits per heavy atom. The van der Waals surface area contributed by atoms with Crippen LogP contribution in [0.4, 0.5) is 5.69 Å². The summed E-state index contributed by atoms with van der Waals surface area (Å²) in [7, 11) is 0. The van der Waals surface area contributed by atoms with Crippen LogP contribution in [0.2, 0.25) is 0 Å². The summed E-state index contributed by atoms with van der Waals surface area (Å²) in [6, 6.07) is 11.6. The highest BCUT2D eigenvalue weighted by molar-refractivity contribution is 5.98. The average molecular weight is 339 g/mol. The smallest absolute Gasteiger partial charge is 0.240 e. The lowest BCUT2D eigenvalue weighted by Gasteiger charge is -2.26. The third-order valence-electron chi connectivity index (χ3n) is 4.11. The van der Waals surface area contributed by atoms with Crippen LogP contribution in [0.5, 0.6) is 0 Å². The van der Waals surface area contributed by atoms with Crippen LogP contribution < -0.4 is 10.2 Å². The van der Waals surface area contributed by atoms with Gasteiger partial charge in [0, 0.05) is 13.1 Å². The van der Waals surface area contributed by atoms with Crippen LogP contribution in [-0.4, -0.2) is 23.3 Å². The van der Waals surface area contributed by atoms with E-state index in [0.29, 0.717) is 6.54 Å². The molecule has 5 nitrogen and oxygen atoms in total. The first-order chi connectivity index (χ1) is 12.1. The number of carbonyl (C=O) groups is 2. The Balaban J connectivity index is 2.16. The van der Waals surface area contributed by atoms with Gasteiger partial charge in [-0.25, -0.2) is 0 Å². The van der Waals surface area contributed by atoms with E-state index in [2.05, 4.69) is 24.1 Å². The van der Waals surface area contributed by atoms with Crippen LogP contribution >= 0.6 is 0 Å². The highest BCUT2D eigenvalue weighted by Crippen LogP contribution is 2.27. The van der Waals surface area contributed by atoms with Crippen molar-refractivity contribution in [2.75, 3.05) is 11.4 Å². The molecule has 5 heteroatoms. The Morgan fingerprint density at radius 3 is 2.24 bits per heavy atom. The molecular weight excluding hydrogens is 314 g/mol. The molecule has 2 amide bonds. The molecule has 0 atom stereocenters. The molecule has 0 aliphatic heterocycles. The SMILES string of the molecule is CCc1cccc(CC)c1N(CC(=O)NCc1ccccn1)C(C)=O. The number of amides is 2. The molecule has 25 heavy (non-hydrogen) atoms. The summed E-state index contributed by atoms with van der Waals surface area (Å²) in [6.45, 7) is 5.96. The topological polar surface area (TPSA) is 62.3 Å². The van der Waals surface area contributed by atoms with E-state index in [4.69, 9.17) is 0 Å². The summed E-state index contributed by atoms with van der Waals surface area (Å²) in [5.41, 5.74) is 3.81. The maximum Gasteiger partial charge on any atom is 0.240 e. The molecule has 1 N–H and O–H groups in total. The number of nitrogens with zero attached hydrogens (tertiary/aromatic N) is 2. The third kappa shape index (κ3) is 4.89. The van der Waals surface area contributed by atoms with Gasteiger partial charge in [-0.15, -0.1) is 0 Å². The van der Waals surface area contributed by atoms with Crippen LogP contribution in [0.1, 0.15) is 37.6 Å². The fourth-order valence-corrected chi connectivity index (χ4v) is 2.80. The van der Waals surface area contributed by atoms with Gasteiger partial charge in [0.25, 0.3) is 0 Å². The Bertz CT molecular complexity index is 707. The summed E-state index contributed by atoms with van der Waals surface area (Å²) >= 11 is 0. The van der Waals surface area contributed by atoms with E-state index >= 15 is 0 Å². The molecule has 2 aromatic rings. The Labute approximate surface area is 149 Å². The van der Waals surface area contributed by atoms with Crippen molar-refractivity contribution >= 4 is 17.5 Å². The number of para-hydroxylation sites is 1. The molecule has 0 saturated heterocycles. The number of hydrogen-bond acceptors (Lipinski definition) is 3. The second kappa shape index (κ2) is 8.97. The third-order valence-corrected chi connectivity index (χ3v) is 4.11. The van der Waals surface area contributed by atoms with Crippen molar-refractivity contribution in [3.8, 4) is 0 Å². The van der Waals surface area contributed by atoms with Gasteiger partial charge in [0.05, 0.1) is 17.9 Å². The van der Waals surface area contributed by atoms with E-state index < -0.39 is 0 Å². The van der Waals surface area contributed by atoms with Crippen LogP contribution in [0.15, 0.2) is 42.6 Å². The molecule has 0 bridgehead atoms. The standard InChI is InChI=1S/C20H25N3O2/c1-4-16-9-8-10-17(5-2)20(16)23(15(3)24)14-19(25)22-13-18-11-6-7-12-21-18/h6-12H,4-5,13-14H2,1-3H3,(H,22,25). The largest absolute Gasteiger partial charge is 0.349 e. The number of hydrogen-bond donors (Lipinski definition) is 1. The molecule has 0 unspecified atom stereocenters. The summed E-state index contributed by atoms with van der Waals surface area (Å²) in [5.74, 6) is -0.336. The number of aromatic nitrogens is 1. The van der Waals surface area contributed by atoms with Crippen LogP contribution in [0, 0.1) is 0 Å². The van der Waals surface area contributed by atoms with E-state index in [1.165, 1.54) is 6.92 Å². The average Bonchev–Trinajstić information content (AvgIpc) is 2.64. The van der Waals surface area contributed by atoms with Gasteiger partial charge in [-0.2, -0.15) is 0 Å². The minimum absolute atomic E-state index is 0.00613. The first kappa shape index (κ1) is 18.6. The first-order valence-corrected chi connectivity index (χ1v) is 8.62. The van der Waals surface area contributed by atoms with Crippen LogP contribution in [0.3, 0.4) is 0 Å². The Kier molecular flexibility index (Phi) is 6.69. The normalized spacial score (nSPS) is 10.4. The number of benzene rings is 1. The lowest BCUT2D eigenvalue weighted by molar-refractivity contribution is -0.123. The molecule has 2 rings (SSSR count). The maximum atomic E-state index is 12.4. The fraction of sp³-hybridized carbons (Fsp3) is 0.350. The quantitative estimate of drug-likeness (QED) is 0.844. The fourth-order valence-electron chi connectivity index (χ4n) is 2.80. The first-order valence-electron chi connectivity index (χ1n) is 8.62. The van der Waals surface area contributed by atoms with E-state index in [0.717, 1.165) is 35.3 Å². The monoisotopic (exact) mass is 339 g/mol. The number of aryl methyl sites for hydroxylation is 2. The lowest BCUT2D eigenvalue weighted by atomic mass is 10.0. The van der Waals surface area contributed by atoms with Gasteiger partial charge in [0.1, 0.15) is 6.54 Å². The summed E-state index contributed by atoms with van der Waals surface area (Å²) in [5, 5.41) is 2.83. The zero-order chi connectivity index (χ0) is 18.2. The predicted octanol–water partition coefficient (Wildman–Crippen LogP) is 2.88. The van der Waals surface area contributed by atoms with Crippen LogP contribution in [0.25, 0.3) is 0 Å². The second-order valence-corrected chi connectivity index (χ2v) is 5.83. The Hall–Kier alpha value is -2.69. The number of nitrogens with one attached hydrogen (secondary N) is 1. The van der Waals surface area contributed by atoms with Crippen molar-refractivity contribution in [3.05, 3.63) is 59.4 Å². The summed E-state index contributed by atoms with van der Waals surface area (Å²) < 4.78 is 0. The van der Waals surface area contributed by atoms with E-state index in [9.17, 15) is 9.59 Å². The zero-order valence-corrected chi connectivity index (χ0v) is 15.1. The van der Waals surface area contributed by atoms with Crippen molar-refractivity contribution in [2.24, 2.45) is 0 Å². The molecule has 132 valence electrons. The van der Waals surface area contributed by atoms with Crippen molar-refractivity contribution in [1.82, 2.24) is 10.3 Å². The predicted molar refractivity (Wildman–Crippen MR) is 99.3 cm³/mol. The van der Waals surface area contributed by atoms with Crippen molar-refractivity contribution in [1.29, 1.82) is 0 Å². The minimum atomic E-state index is -0.200. The molecule has 1 heterocycles. The number of rotatable bonds is 7. The number of pyridine rings is 1. The molecule has 0 saturated carbocycles. The lowest BCUT2D eigenvalue weighted by Crippen LogP contribution is -2.40. The molecule has 0 fully saturated rings. The molecule has 0 radical (unpaired) electrons. The van der Waals surface area contributed by atoms with Crippen molar-refractivity contribution in [2.45, 2.75) is 40.2 Å². The highest BCUT2D eigenvalue weighted by Gasteiger charge is 2.20. The highest BCUT2D eigenvalue weighted by atomic mass is 16.2. The van der Waals surface area contributed by atoms with Crippen molar-refractivity contribution in [3.63, 3.8) is 0 Å². The van der Waals surface area contributed by atoms with Gasteiger partial charge >= 0.3 is 0 Å². The number of anilines is 1. The van der Waals surface area contributed by atoms with E-state index in [1.54, 1.807) is 11.1 Å². The van der Waals surface area contributed by atoms with E-state index in [1.807, 2.05) is 36.4 Å². The van der Waals surface area contributed by atoms with Gasteiger partial charge in [-0.05, 0) is 36.1 Å². The Morgan fingerprint density at radius 2 is 1.72 bits per heavy atom. The zero-order valence-electron chi connectivity index (χ0n) is 15.1. The van der Waals surface area contributed by atoms with Gasteiger partial charge in [-0.1, -0.05) is 38.1 Å². The number of carbonyl (C=O) groups excluding carboxylic acids is 2. The second-order valence-electron chi connectivity index (χ2n) is 5.83. The summed E-state index contributed by atoms with van der Waals surface area (Å²) in [6.07, 6.45) is 3.30.